The molecule has 44 heavy (non-hydrogen) atoms. The first-order chi connectivity index (χ1) is 21.2. The van der Waals surface area contributed by atoms with Gasteiger partial charge in [-0.1, -0.05) is 84.4 Å². The molecule has 2 N–H and O–H groups in total. The number of hydrogen-bond acceptors (Lipinski definition) is 4. The van der Waals surface area contributed by atoms with Gasteiger partial charge in [0.25, 0.3) is 0 Å². The lowest BCUT2D eigenvalue weighted by Crippen LogP contribution is -2.43. The Labute approximate surface area is 262 Å². The average Bonchev–Trinajstić information content (AvgIpc) is 3.84. The van der Waals surface area contributed by atoms with E-state index in [1.165, 1.54) is 29.2 Å². The second kappa shape index (κ2) is 14.2. The molecular formula is C34H33ClFN3O4S. The molecule has 0 aliphatic heterocycles. The van der Waals surface area contributed by atoms with Gasteiger partial charge in [0.05, 0.1) is 4.90 Å². The van der Waals surface area contributed by atoms with Crippen LogP contribution >= 0.6 is 11.6 Å². The number of aryl methyl sites for hydroxylation is 1. The molecule has 1 aliphatic carbocycles. The first-order valence-corrected chi connectivity index (χ1v) is 16.3. The maximum Gasteiger partial charge on any atom is 0.247 e. The Hall–Kier alpha value is -4.05. The smallest absolute Gasteiger partial charge is 0.247 e. The first-order valence-electron chi connectivity index (χ1n) is 14.4. The maximum atomic E-state index is 13.9. The highest BCUT2D eigenvalue weighted by Gasteiger charge is 2.32. The molecule has 2 amide bonds. The topological polar surface area (TPSA) is 95.6 Å². The summed E-state index contributed by atoms with van der Waals surface area (Å²) in [7, 11) is -3.58. The molecule has 7 nitrogen and oxygen atoms in total. The van der Waals surface area contributed by atoms with Gasteiger partial charge in [-0.2, -0.15) is 0 Å². The minimum absolute atomic E-state index is 0.00354. The number of nitrogens with zero attached hydrogens (tertiary/aromatic N) is 1. The minimum atomic E-state index is -3.58. The first kappa shape index (κ1) is 31.4. The van der Waals surface area contributed by atoms with Gasteiger partial charge < -0.3 is 10.2 Å². The third-order valence-corrected chi connectivity index (χ3v) is 9.34. The van der Waals surface area contributed by atoms with Gasteiger partial charge in [0.1, 0.15) is 11.9 Å². The number of nitrogens with one attached hydrogen (secondary N) is 2. The minimum Gasteiger partial charge on any atom is -0.350 e. The number of amides is 2. The highest BCUT2D eigenvalue weighted by atomic mass is 35.5. The molecule has 4 aromatic carbocycles. The zero-order valence-corrected chi connectivity index (χ0v) is 25.5. The summed E-state index contributed by atoms with van der Waals surface area (Å²) in [6.45, 7) is 0.244. The van der Waals surface area contributed by atoms with E-state index in [0.717, 1.165) is 24.0 Å². The lowest BCUT2D eigenvalue weighted by atomic mass is 10.0. The third kappa shape index (κ3) is 8.31. The van der Waals surface area contributed by atoms with Crippen molar-refractivity contribution in [3.63, 3.8) is 0 Å². The van der Waals surface area contributed by atoms with Gasteiger partial charge in [0, 0.05) is 30.6 Å². The zero-order chi connectivity index (χ0) is 31.1. The van der Waals surface area contributed by atoms with Crippen LogP contribution in [0.2, 0.25) is 5.02 Å². The molecule has 0 bridgehead atoms. The largest absolute Gasteiger partial charge is 0.350 e. The summed E-state index contributed by atoms with van der Waals surface area (Å²) in [5.41, 5.74) is 2.81. The van der Waals surface area contributed by atoms with Crippen LogP contribution in [0.1, 0.15) is 47.6 Å². The van der Waals surface area contributed by atoms with E-state index in [1.807, 2.05) is 18.2 Å². The Morgan fingerprint density at radius 1 is 0.864 bits per heavy atom. The molecular weight excluding hydrogens is 601 g/mol. The Kier molecular flexibility index (Phi) is 10.1. The SMILES string of the molecule is O=C(NCc1ccccc1Cl)[C@H](c1ccccc1)N(Cc1ccc(F)cc1)C(=O)CCc1ccc(S(=O)(=O)NC2CC2)cc1. The molecule has 10 heteroatoms. The lowest BCUT2D eigenvalue weighted by molar-refractivity contribution is -0.141. The second-order valence-electron chi connectivity index (χ2n) is 10.8. The summed E-state index contributed by atoms with van der Waals surface area (Å²) < 4.78 is 41.4. The van der Waals surface area contributed by atoms with Crippen LogP contribution in [0.15, 0.2) is 108 Å². The van der Waals surface area contributed by atoms with Crippen molar-refractivity contribution in [3.8, 4) is 0 Å². The quantitative estimate of drug-likeness (QED) is 0.191. The summed E-state index contributed by atoms with van der Waals surface area (Å²) in [5.74, 6) is -1.08. The molecule has 0 aromatic heterocycles. The normalized spacial score (nSPS) is 13.7. The van der Waals surface area contributed by atoms with E-state index in [1.54, 1.807) is 60.7 Å². The van der Waals surface area contributed by atoms with Crippen molar-refractivity contribution in [1.82, 2.24) is 14.9 Å². The van der Waals surface area contributed by atoms with Crippen LogP contribution in [0, 0.1) is 5.82 Å². The second-order valence-corrected chi connectivity index (χ2v) is 12.9. The van der Waals surface area contributed by atoms with E-state index in [9.17, 15) is 22.4 Å². The summed E-state index contributed by atoms with van der Waals surface area (Å²) in [6, 6.07) is 27.5. The predicted molar refractivity (Wildman–Crippen MR) is 168 cm³/mol. The van der Waals surface area contributed by atoms with Crippen LogP contribution in [0.25, 0.3) is 0 Å². The third-order valence-electron chi connectivity index (χ3n) is 7.43. The number of halogens is 2. The van der Waals surface area contributed by atoms with Crippen molar-refractivity contribution in [2.75, 3.05) is 0 Å². The van der Waals surface area contributed by atoms with Crippen molar-refractivity contribution in [3.05, 3.63) is 136 Å². The number of benzene rings is 4. The molecule has 5 rings (SSSR count). The van der Waals surface area contributed by atoms with E-state index in [2.05, 4.69) is 10.0 Å². The van der Waals surface area contributed by atoms with Gasteiger partial charge in [-0.05, 0) is 71.8 Å². The van der Waals surface area contributed by atoms with E-state index in [-0.39, 0.29) is 42.3 Å². The predicted octanol–water partition coefficient (Wildman–Crippen LogP) is 5.94. The van der Waals surface area contributed by atoms with E-state index in [0.29, 0.717) is 22.6 Å². The van der Waals surface area contributed by atoms with Crippen LogP contribution in [-0.2, 0) is 39.1 Å². The molecule has 0 heterocycles. The van der Waals surface area contributed by atoms with Crippen LogP contribution in [-0.4, -0.2) is 31.2 Å². The van der Waals surface area contributed by atoms with Gasteiger partial charge in [0.15, 0.2) is 0 Å². The fourth-order valence-corrected chi connectivity index (χ4v) is 6.37. The van der Waals surface area contributed by atoms with Gasteiger partial charge in [-0.3, -0.25) is 9.59 Å². The Morgan fingerprint density at radius 2 is 1.50 bits per heavy atom. The number of sulfonamides is 1. The van der Waals surface area contributed by atoms with Crippen LogP contribution in [0.5, 0.6) is 0 Å². The van der Waals surface area contributed by atoms with Crippen molar-refractivity contribution in [2.45, 2.75) is 55.8 Å². The summed E-state index contributed by atoms with van der Waals surface area (Å²) in [5, 5.41) is 3.46. The number of rotatable bonds is 13. The van der Waals surface area contributed by atoms with Crippen molar-refractivity contribution >= 4 is 33.4 Å². The molecule has 0 spiro atoms. The van der Waals surface area contributed by atoms with Crippen molar-refractivity contribution in [2.24, 2.45) is 0 Å². The zero-order valence-electron chi connectivity index (χ0n) is 24.0. The molecule has 0 saturated heterocycles. The van der Waals surface area contributed by atoms with Gasteiger partial charge in [-0.25, -0.2) is 17.5 Å². The highest BCUT2D eigenvalue weighted by molar-refractivity contribution is 7.89. The summed E-state index contributed by atoms with van der Waals surface area (Å²) >= 11 is 6.31. The summed E-state index contributed by atoms with van der Waals surface area (Å²) in [6.07, 6.45) is 2.08. The van der Waals surface area contributed by atoms with Crippen LogP contribution in [0.3, 0.4) is 0 Å². The van der Waals surface area contributed by atoms with E-state index >= 15 is 0 Å². The van der Waals surface area contributed by atoms with Crippen molar-refractivity contribution in [1.29, 1.82) is 0 Å². The number of hydrogen-bond donors (Lipinski definition) is 2. The van der Waals surface area contributed by atoms with Crippen LogP contribution < -0.4 is 10.0 Å². The molecule has 0 unspecified atom stereocenters. The summed E-state index contributed by atoms with van der Waals surface area (Å²) in [4.78, 5) is 29.4. The molecule has 1 atom stereocenters. The lowest BCUT2D eigenvalue weighted by Gasteiger charge is -2.32. The molecule has 1 aliphatic rings. The standard InChI is InChI=1S/C34H33ClFN3O4S/c35-31-9-5-4-8-27(31)22-37-34(41)33(26-6-2-1-3-7-26)39(23-25-10-15-28(36)16-11-25)32(40)21-14-24-12-19-30(20-13-24)44(42,43)38-29-17-18-29/h1-13,15-16,19-20,29,33,38H,14,17-18,21-23H2,(H,37,41)/t33-/m0/s1. The highest BCUT2D eigenvalue weighted by Crippen LogP contribution is 2.27. The van der Waals surface area contributed by atoms with Crippen molar-refractivity contribution < 1.29 is 22.4 Å². The fraction of sp³-hybridized carbons (Fsp3) is 0.235. The Morgan fingerprint density at radius 3 is 2.16 bits per heavy atom. The van der Waals surface area contributed by atoms with Crippen LogP contribution in [0.4, 0.5) is 4.39 Å². The monoisotopic (exact) mass is 633 g/mol. The number of carbonyl (C=O) groups is 2. The maximum absolute atomic E-state index is 13.9. The Bertz CT molecular complexity index is 1700. The molecule has 1 saturated carbocycles. The molecule has 1 fully saturated rings. The number of carbonyl (C=O) groups excluding carboxylic acids is 2. The van der Waals surface area contributed by atoms with E-state index < -0.39 is 21.9 Å². The van der Waals surface area contributed by atoms with Gasteiger partial charge in [-0.15, -0.1) is 0 Å². The molecule has 0 radical (unpaired) electrons. The van der Waals surface area contributed by atoms with E-state index in [4.69, 9.17) is 11.6 Å². The van der Waals surface area contributed by atoms with Gasteiger partial charge >= 0.3 is 0 Å². The van der Waals surface area contributed by atoms with Gasteiger partial charge in [0.2, 0.25) is 21.8 Å². The fourth-order valence-electron chi connectivity index (χ4n) is 4.86. The Balaban J connectivity index is 1.38. The molecule has 4 aromatic rings. The molecule has 228 valence electrons. The average molecular weight is 634 g/mol.